The Balaban J connectivity index is 1.87. The molecule has 0 radical (unpaired) electrons. The van der Waals surface area contributed by atoms with Crippen molar-refractivity contribution in [3.8, 4) is 0 Å². The number of likely N-dealkylation sites (tertiary alicyclic amines) is 1. The summed E-state index contributed by atoms with van der Waals surface area (Å²) in [5, 5.41) is 3.35. The summed E-state index contributed by atoms with van der Waals surface area (Å²) in [6, 6.07) is 0. The van der Waals surface area contributed by atoms with E-state index in [0.717, 1.165) is 6.54 Å². The highest BCUT2D eigenvalue weighted by Gasteiger charge is 2.42. The zero-order chi connectivity index (χ0) is 7.73. The normalized spacial score (nSPS) is 28.7. The monoisotopic (exact) mass is 152 g/mol. The van der Waals surface area contributed by atoms with Crippen LogP contribution in [0.25, 0.3) is 0 Å². The fourth-order valence-electron chi connectivity index (χ4n) is 2.13. The Morgan fingerprint density at radius 1 is 1.55 bits per heavy atom. The Morgan fingerprint density at radius 3 is 2.82 bits per heavy atom. The van der Waals surface area contributed by atoms with E-state index in [4.69, 9.17) is 0 Å². The van der Waals surface area contributed by atoms with Crippen LogP contribution in [-0.4, -0.2) is 37.6 Å². The molecule has 0 aromatic carbocycles. The van der Waals surface area contributed by atoms with Crippen LogP contribution in [-0.2, 0) is 0 Å². The third-order valence-electron chi connectivity index (χ3n) is 2.90. The lowest BCUT2D eigenvalue weighted by Crippen LogP contribution is -2.54. The maximum atomic E-state index is 3.76. The first kappa shape index (κ1) is 7.32. The van der Waals surface area contributed by atoms with E-state index >= 15 is 0 Å². The van der Waals surface area contributed by atoms with E-state index < -0.39 is 0 Å². The molecule has 2 fully saturated rings. The Kier molecular flexibility index (Phi) is 1.74. The van der Waals surface area contributed by atoms with Crippen LogP contribution in [0, 0.1) is 5.41 Å². The quantitative estimate of drug-likeness (QED) is 0.579. The lowest BCUT2D eigenvalue weighted by atomic mass is 9.81. The molecule has 2 saturated heterocycles. The number of hydrogen-bond donors (Lipinski definition) is 1. The summed E-state index contributed by atoms with van der Waals surface area (Å²) in [5.74, 6) is 0. The molecular formula is C9H16N2. The average Bonchev–Trinajstić information content (AvgIpc) is 2.32. The van der Waals surface area contributed by atoms with Gasteiger partial charge in [-0.3, -0.25) is 4.90 Å². The zero-order valence-electron chi connectivity index (χ0n) is 6.97. The van der Waals surface area contributed by atoms with Gasteiger partial charge >= 0.3 is 0 Å². The van der Waals surface area contributed by atoms with Gasteiger partial charge < -0.3 is 5.32 Å². The molecule has 0 atom stereocenters. The molecule has 11 heavy (non-hydrogen) atoms. The number of nitrogens with zero attached hydrogens (tertiary/aromatic N) is 1. The Hall–Kier alpha value is -0.340. The fourth-order valence-corrected chi connectivity index (χ4v) is 2.13. The molecule has 2 rings (SSSR count). The molecule has 0 bridgehead atoms. The van der Waals surface area contributed by atoms with Gasteiger partial charge in [0.1, 0.15) is 0 Å². The standard InChI is InChI=1S/C9H16N2/c1-2-4-11-5-3-9(8-11)6-10-7-9/h2,10H,1,3-8H2. The van der Waals surface area contributed by atoms with Crippen LogP contribution >= 0.6 is 0 Å². The Morgan fingerprint density at radius 2 is 2.36 bits per heavy atom. The maximum absolute atomic E-state index is 3.76. The molecule has 1 spiro atoms. The SMILES string of the molecule is C=CCN1CCC2(CNC2)C1. The molecule has 2 aliphatic heterocycles. The Labute approximate surface area is 68.3 Å². The third-order valence-corrected chi connectivity index (χ3v) is 2.90. The molecule has 0 unspecified atom stereocenters. The third kappa shape index (κ3) is 1.21. The van der Waals surface area contributed by atoms with E-state index in [1.165, 1.54) is 32.6 Å². The van der Waals surface area contributed by atoms with Crippen LogP contribution in [0.3, 0.4) is 0 Å². The van der Waals surface area contributed by atoms with Crippen LogP contribution in [0.2, 0.25) is 0 Å². The van der Waals surface area contributed by atoms with E-state index in [1.807, 2.05) is 6.08 Å². The van der Waals surface area contributed by atoms with E-state index in [1.54, 1.807) is 0 Å². The minimum absolute atomic E-state index is 0.656. The maximum Gasteiger partial charge on any atom is 0.0160 e. The molecule has 62 valence electrons. The first-order valence-electron chi connectivity index (χ1n) is 4.39. The van der Waals surface area contributed by atoms with Crippen LogP contribution in [0.15, 0.2) is 12.7 Å². The molecule has 0 saturated carbocycles. The van der Waals surface area contributed by atoms with Crippen molar-refractivity contribution in [2.75, 3.05) is 32.7 Å². The van der Waals surface area contributed by atoms with Crippen LogP contribution in [0.5, 0.6) is 0 Å². The van der Waals surface area contributed by atoms with Gasteiger partial charge in [0.25, 0.3) is 0 Å². The molecule has 0 aromatic heterocycles. The number of nitrogens with one attached hydrogen (secondary N) is 1. The highest BCUT2D eigenvalue weighted by Crippen LogP contribution is 2.33. The molecule has 2 heteroatoms. The van der Waals surface area contributed by atoms with Gasteiger partial charge in [0, 0.05) is 31.6 Å². The smallest absolute Gasteiger partial charge is 0.0160 e. The van der Waals surface area contributed by atoms with Gasteiger partial charge in [-0.1, -0.05) is 6.08 Å². The summed E-state index contributed by atoms with van der Waals surface area (Å²) < 4.78 is 0. The van der Waals surface area contributed by atoms with Crippen molar-refractivity contribution in [1.82, 2.24) is 10.2 Å². The molecule has 0 aromatic rings. The summed E-state index contributed by atoms with van der Waals surface area (Å²) in [6.45, 7) is 9.86. The zero-order valence-corrected chi connectivity index (χ0v) is 6.97. The van der Waals surface area contributed by atoms with Crippen LogP contribution in [0.1, 0.15) is 6.42 Å². The molecule has 1 N–H and O–H groups in total. The molecule has 0 amide bonds. The fraction of sp³-hybridized carbons (Fsp3) is 0.778. The second-order valence-electron chi connectivity index (χ2n) is 3.88. The molecule has 0 aliphatic carbocycles. The second-order valence-corrected chi connectivity index (χ2v) is 3.88. The van der Waals surface area contributed by atoms with Crippen molar-refractivity contribution in [2.24, 2.45) is 5.41 Å². The molecule has 2 aliphatic rings. The van der Waals surface area contributed by atoms with Gasteiger partial charge in [0.15, 0.2) is 0 Å². The van der Waals surface area contributed by atoms with Gasteiger partial charge in [0.2, 0.25) is 0 Å². The van der Waals surface area contributed by atoms with Gasteiger partial charge in [-0.05, 0) is 13.0 Å². The van der Waals surface area contributed by atoms with Gasteiger partial charge in [-0.25, -0.2) is 0 Å². The van der Waals surface area contributed by atoms with Crippen LogP contribution in [0.4, 0.5) is 0 Å². The number of rotatable bonds is 2. The first-order valence-corrected chi connectivity index (χ1v) is 4.39. The van der Waals surface area contributed by atoms with Crippen molar-refractivity contribution in [3.63, 3.8) is 0 Å². The van der Waals surface area contributed by atoms with Gasteiger partial charge in [-0.2, -0.15) is 0 Å². The summed E-state index contributed by atoms with van der Waals surface area (Å²) in [4.78, 5) is 2.49. The van der Waals surface area contributed by atoms with Crippen molar-refractivity contribution in [1.29, 1.82) is 0 Å². The van der Waals surface area contributed by atoms with Gasteiger partial charge in [0.05, 0.1) is 0 Å². The lowest BCUT2D eigenvalue weighted by molar-refractivity contribution is 0.173. The highest BCUT2D eigenvalue weighted by atomic mass is 15.2. The lowest BCUT2D eigenvalue weighted by Gasteiger charge is -2.39. The van der Waals surface area contributed by atoms with Gasteiger partial charge in [-0.15, -0.1) is 6.58 Å². The van der Waals surface area contributed by atoms with Crippen molar-refractivity contribution >= 4 is 0 Å². The first-order chi connectivity index (χ1) is 5.35. The second kappa shape index (κ2) is 2.61. The highest BCUT2D eigenvalue weighted by molar-refractivity contribution is 5.00. The summed E-state index contributed by atoms with van der Waals surface area (Å²) in [7, 11) is 0. The van der Waals surface area contributed by atoms with E-state index in [2.05, 4.69) is 16.8 Å². The van der Waals surface area contributed by atoms with Crippen molar-refractivity contribution in [3.05, 3.63) is 12.7 Å². The van der Waals surface area contributed by atoms with E-state index in [0.29, 0.717) is 5.41 Å². The van der Waals surface area contributed by atoms with Crippen molar-refractivity contribution in [2.45, 2.75) is 6.42 Å². The van der Waals surface area contributed by atoms with E-state index in [-0.39, 0.29) is 0 Å². The topological polar surface area (TPSA) is 15.3 Å². The minimum atomic E-state index is 0.656. The van der Waals surface area contributed by atoms with Crippen LogP contribution < -0.4 is 5.32 Å². The molecular weight excluding hydrogens is 136 g/mol. The summed E-state index contributed by atoms with van der Waals surface area (Å²) in [5.41, 5.74) is 0.656. The summed E-state index contributed by atoms with van der Waals surface area (Å²) >= 11 is 0. The largest absolute Gasteiger partial charge is 0.315 e. The van der Waals surface area contributed by atoms with E-state index in [9.17, 15) is 0 Å². The Bertz CT molecular complexity index is 161. The molecule has 2 nitrogen and oxygen atoms in total. The number of hydrogen-bond acceptors (Lipinski definition) is 2. The average molecular weight is 152 g/mol. The predicted molar refractivity (Wildman–Crippen MR) is 46.6 cm³/mol. The summed E-state index contributed by atoms with van der Waals surface area (Å²) in [6.07, 6.45) is 3.39. The predicted octanol–water partition coefficient (Wildman–Crippen LogP) is 0.468. The minimum Gasteiger partial charge on any atom is -0.315 e. The van der Waals surface area contributed by atoms with Crippen molar-refractivity contribution < 1.29 is 0 Å². The molecule has 2 heterocycles.